The molecule has 5 heteroatoms. The lowest BCUT2D eigenvalue weighted by molar-refractivity contribution is 0.0224. The molecule has 4 aromatic carbocycles. The van der Waals surface area contributed by atoms with Crippen LogP contribution in [0.25, 0.3) is 0 Å². The number of para-hydroxylation sites is 2. The zero-order valence-electron chi connectivity index (χ0n) is 19.8. The van der Waals surface area contributed by atoms with Crippen LogP contribution in [0.15, 0.2) is 97.1 Å². The van der Waals surface area contributed by atoms with Crippen LogP contribution in [-0.4, -0.2) is 19.6 Å². The first kappa shape index (κ1) is 21.3. The number of carbonyl (C=O) groups is 1. The van der Waals surface area contributed by atoms with Crippen molar-refractivity contribution in [2.75, 3.05) is 23.6 Å². The molecule has 1 spiro atoms. The normalized spacial score (nSPS) is 17.1. The van der Waals surface area contributed by atoms with Gasteiger partial charge in [0.2, 0.25) is 0 Å². The number of hydrazine groups is 1. The Morgan fingerprint density at radius 3 is 2.23 bits per heavy atom. The van der Waals surface area contributed by atoms with Crippen LogP contribution < -0.4 is 14.8 Å². The highest BCUT2D eigenvalue weighted by Crippen LogP contribution is 2.56. The summed E-state index contributed by atoms with van der Waals surface area (Å²) in [5, 5.41) is 4.40. The summed E-state index contributed by atoms with van der Waals surface area (Å²) in [5.74, 6) is 1.06. The molecule has 2 aliphatic rings. The number of carbonyl (C=O) groups excluding carboxylic acids is 1. The Labute approximate surface area is 205 Å². The number of benzene rings is 4. The van der Waals surface area contributed by atoms with E-state index < -0.39 is 5.60 Å². The number of anilines is 2. The molecule has 1 unspecified atom stereocenters. The topological polar surface area (TPSA) is 42.0 Å². The zero-order valence-corrected chi connectivity index (χ0v) is 19.8. The summed E-state index contributed by atoms with van der Waals surface area (Å²) in [6.07, 6.45) is 0.996. The van der Waals surface area contributed by atoms with E-state index in [1.807, 2.05) is 72.8 Å². The maximum absolute atomic E-state index is 13.1. The van der Waals surface area contributed by atoms with E-state index in [1.165, 1.54) is 0 Å². The molecule has 174 valence electrons. The van der Waals surface area contributed by atoms with Crippen molar-refractivity contribution in [2.45, 2.75) is 18.9 Å². The molecule has 5 nitrogen and oxygen atoms in total. The molecular weight excluding hydrogens is 436 g/mol. The maximum atomic E-state index is 13.1. The average molecular weight is 463 g/mol. The first-order valence-electron chi connectivity index (χ1n) is 11.9. The lowest BCUT2D eigenvalue weighted by atomic mass is 9.77. The van der Waals surface area contributed by atoms with Crippen molar-refractivity contribution in [2.24, 2.45) is 0 Å². The SMILES string of the molecule is CCCN(c1ccccc1)N(C)c1ccc2c(c1)C1(OC(=O)c3ccccc31)c1ccccc1O2. The van der Waals surface area contributed by atoms with Crippen molar-refractivity contribution in [1.82, 2.24) is 0 Å². The Morgan fingerprint density at radius 1 is 0.743 bits per heavy atom. The number of ether oxygens (including phenoxy) is 2. The Kier molecular flexibility index (Phi) is 4.99. The van der Waals surface area contributed by atoms with Crippen LogP contribution in [-0.2, 0) is 10.3 Å². The Bertz CT molecular complexity index is 1420. The lowest BCUT2D eigenvalue weighted by Gasteiger charge is -2.39. The molecule has 2 heterocycles. The van der Waals surface area contributed by atoms with E-state index in [2.05, 4.69) is 48.3 Å². The van der Waals surface area contributed by atoms with Crippen molar-refractivity contribution in [3.8, 4) is 11.5 Å². The Morgan fingerprint density at radius 2 is 1.43 bits per heavy atom. The number of fused-ring (bicyclic) bond motifs is 6. The summed E-state index contributed by atoms with van der Waals surface area (Å²) in [6, 6.07) is 31.9. The fourth-order valence-electron chi connectivity index (χ4n) is 5.21. The fraction of sp³-hybridized carbons (Fsp3) is 0.167. The Balaban J connectivity index is 1.53. The van der Waals surface area contributed by atoms with Gasteiger partial charge in [0.15, 0.2) is 5.60 Å². The highest BCUT2D eigenvalue weighted by molar-refractivity contribution is 5.97. The molecule has 1 atom stereocenters. The third kappa shape index (κ3) is 3.19. The molecule has 0 aromatic heterocycles. The van der Waals surface area contributed by atoms with Crippen molar-refractivity contribution >= 4 is 17.3 Å². The summed E-state index contributed by atoms with van der Waals surface area (Å²) in [7, 11) is 2.06. The number of hydrogen-bond acceptors (Lipinski definition) is 5. The van der Waals surface area contributed by atoms with E-state index in [9.17, 15) is 4.79 Å². The molecule has 0 bridgehead atoms. The molecule has 0 saturated carbocycles. The third-order valence-corrected chi connectivity index (χ3v) is 6.83. The van der Waals surface area contributed by atoms with Crippen LogP contribution in [0.1, 0.15) is 40.4 Å². The predicted octanol–water partition coefficient (Wildman–Crippen LogP) is 6.52. The number of rotatable bonds is 5. The third-order valence-electron chi connectivity index (χ3n) is 6.83. The predicted molar refractivity (Wildman–Crippen MR) is 137 cm³/mol. The molecule has 4 aromatic rings. The smallest absolute Gasteiger partial charge is 0.340 e. The van der Waals surface area contributed by atoms with Crippen LogP contribution >= 0.6 is 0 Å². The quantitative estimate of drug-likeness (QED) is 0.249. The number of hydrogen-bond donors (Lipinski definition) is 0. The van der Waals surface area contributed by atoms with Gasteiger partial charge in [-0.2, -0.15) is 0 Å². The van der Waals surface area contributed by atoms with Crippen LogP contribution in [0.2, 0.25) is 0 Å². The van der Waals surface area contributed by atoms with E-state index in [0.29, 0.717) is 17.1 Å². The van der Waals surface area contributed by atoms with Gasteiger partial charge in [0.1, 0.15) is 11.5 Å². The van der Waals surface area contributed by atoms with Gasteiger partial charge in [-0.15, -0.1) is 0 Å². The summed E-state index contributed by atoms with van der Waals surface area (Å²) >= 11 is 0. The lowest BCUT2D eigenvalue weighted by Crippen LogP contribution is -2.41. The van der Waals surface area contributed by atoms with E-state index in [0.717, 1.165) is 41.0 Å². The van der Waals surface area contributed by atoms with E-state index in [-0.39, 0.29) is 5.97 Å². The molecule has 0 amide bonds. The van der Waals surface area contributed by atoms with Crippen molar-refractivity contribution in [1.29, 1.82) is 0 Å². The van der Waals surface area contributed by atoms with Crippen molar-refractivity contribution in [3.05, 3.63) is 119 Å². The molecular formula is C30H26N2O3. The van der Waals surface area contributed by atoms with Gasteiger partial charge in [-0.1, -0.05) is 61.5 Å². The summed E-state index contributed by atoms with van der Waals surface area (Å²) in [6.45, 7) is 3.03. The first-order chi connectivity index (χ1) is 17.1. The van der Waals surface area contributed by atoms with Crippen LogP contribution in [0.5, 0.6) is 11.5 Å². The molecule has 35 heavy (non-hydrogen) atoms. The summed E-state index contributed by atoms with van der Waals surface area (Å²) in [5.41, 5.74) is 4.12. The minimum Gasteiger partial charge on any atom is -0.456 e. The van der Waals surface area contributed by atoms with Crippen molar-refractivity contribution in [3.63, 3.8) is 0 Å². The second kappa shape index (κ2) is 8.20. The standard InChI is InChI=1S/C30H26N2O3/c1-3-19-32(21-11-5-4-6-12-21)31(2)22-17-18-28-26(20-22)30(25-15-9-10-16-27(25)34-28)24-14-8-7-13-23(24)29(33)35-30/h4-18,20H,3,19H2,1-2H3. The number of esters is 1. The molecule has 0 radical (unpaired) electrons. The Hall–Kier alpha value is -4.25. The van der Waals surface area contributed by atoms with Gasteiger partial charge in [-0.25, -0.2) is 4.79 Å². The van der Waals surface area contributed by atoms with Crippen molar-refractivity contribution < 1.29 is 14.3 Å². The maximum Gasteiger partial charge on any atom is 0.340 e. The molecule has 0 saturated heterocycles. The molecule has 2 aliphatic heterocycles. The van der Waals surface area contributed by atoms with Gasteiger partial charge in [-0.3, -0.25) is 10.0 Å². The van der Waals surface area contributed by atoms with E-state index in [1.54, 1.807) is 0 Å². The largest absolute Gasteiger partial charge is 0.456 e. The van der Waals surface area contributed by atoms with Gasteiger partial charge in [-0.05, 0) is 48.9 Å². The van der Waals surface area contributed by atoms with Crippen LogP contribution in [0.4, 0.5) is 11.4 Å². The highest BCUT2D eigenvalue weighted by atomic mass is 16.6. The van der Waals surface area contributed by atoms with Gasteiger partial charge < -0.3 is 9.47 Å². The second-order valence-electron chi connectivity index (χ2n) is 8.88. The number of nitrogens with zero attached hydrogens (tertiary/aromatic N) is 2. The highest BCUT2D eigenvalue weighted by Gasteiger charge is 2.53. The molecule has 0 N–H and O–H groups in total. The second-order valence-corrected chi connectivity index (χ2v) is 8.88. The van der Waals surface area contributed by atoms with E-state index in [4.69, 9.17) is 9.47 Å². The van der Waals surface area contributed by atoms with Gasteiger partial charge in [0.25, 0.3) is 0 Å². The summed E-state index contributed by atoms with van der Waals surface area (Å²) in [4.78, 5) is 13.1. The molecule has 0 aliphatic carbocycles. The van der Waals surface area contributed by atoms with Gasteiger partial charge in [0, 0.05) is 30.3 Å². The van der Waals surface area contributed by atoms with Crippen LogP contribution in [0, 0.1) is 0 Å². The summed E-state index contributed by atoms with van der Waals surface area (Å²) < 4.78 is 12.6. The zero-order chi connectivity index (χ0) is 24.0. The van der Waals surface area contributed by atoms with Crippen LogP contribution in [0.3, 0.4) is 0 Å². The monoisotopic (exact) mass is 462 g/mol. The average Bonchev–Trinajstić information content (AvgIpc) is 3.20. The molecule has 0 fully saturated rings. The van der Waals surface area contributed by atoms with E-state index >= 15 is 0 Å². The van der Waals surface area contributed by atoms with Gasteiger partial charge >= 0.3 is 5.97 Å². The first-order valence-corrected chi connectivity index (χ1v) is 11.9. The molecule has 6 rings (SSSR count). The minimum absolute atomic E-state index is 0.320. The van der Waals surface area contributed by atoms with Gasteiger partial charge in [0.05, 0.1) is 16.9 Å². The minimum atomic E-state index is -1.06. The fourth-order valence-corrected chi connectivity index (χ4v) is 5.21.